The molecule has 2 aliphatic carbocycles. The summed E-state index contributed by atoms with van der Waals surface area (Å²) in [5, 5.41) is 9.59. The minimum Gasteiger partial charge on any atom is -0.481 e. The van der Waals surface area contributed by atoms with Crippen LogP contribution in [0.25, 0.3) is 17.2 Å². The van der Waals surface area contributed by atoms with E-state index in [4.69, 9.17) is 9.78 Å². The summed E-state index contributed by atoms with van der Waals surface area (Å²) in [6.45, 7) is 10.9. The van der Waals surface area contributed by atoms with E-state index in [1.165, 1.54) is 29.1 Å². The zero-order chi connectivity index (χ0) is 34.4. The van der Waals surface area contributed by atoms with Gasteiger partial charge in [-0.3, -0.25) is 19.4 Å². The molecular formula is C40H50N3O5+. The summed E-state index contributed by atoms with van der Waals surface area (Å²) in [6, 6.07) is 13.9. The summed E-state index contributed by atoms with van der Waals surface area (Å²) in [5.41, 5.74) is 8.72. The number of hydrogen-bond donors (Lipinski definition) is 3. The average Bonchev–Trinajstić information content (AvgIpc) is 3.49. The van der Waals surface area contributed by atoms with Gasteiger partial charge in [-0.2, -0.15) is 0 Å². The van der Waals surface area contributed by atoms with Crippen molar-refractivity contribution in [1.29, 1.82) is 0 Å². The molecule has 6 rings (SSSR count). The number of carboxylic acid groups (broad SMARTS) is 1. The molecule has 0 saturated carbocycles. The third kappa shape index (κ3) is 8.64. The van der Waals surface area contributed by atoms with Gasteiger partial charge in [0, 0.05) is 42.8 Å². The molecule has 0 amide bonds. The number of aromatic nitrogens is 2. The van der Waals surface area contributed by atoms with Gasteiger partial charge in [0.15, 0.2) is 5.78 Å². The highest BCUT2D eigenvalue weighted by molar-refractivity contribution is 6.02. The van der Waals surface area contributed by atoms with E-state index in [0.29, 0.717) is 25.3 Å². The summed E-state index contributed by atoms with van der Waals surface area (Å²) in [7, 11) is 0. The van der Waals surface area contributed by atoms with Gasteiger partial charge in [-0.15, -0.1) is 0 Å². The first-order valence-corrected chi connectivity index (χ1v) is 17.5. The molecule has 1 aliphatic heterocycles. The van der Waals surface area contributed by atoms with Gasteiger partial charge in [0.05, 0.1) is 25.3 Å². The van der Waals surface area contributed by atoms with Crippen molar-refractivity contribution in [1.82, 2.24) is 9.97 Å². The van der Waals surface area contributed by atoms with E-state index in [2.05, 4.69) is 62.2 Å². The van der Waals surface area contributed by atoms with Crippen LogP contribution in [0.2, 0.25) is 0 Å². The van der Waals surface area contributed by atoms with Crippen molar-refractivity contribution in [2.75, 3.05) is 19.6 Å². The number of carboxylic acids is 1. The maximum atomic E-state index is 13.9. The lowest BCUT2D eigenvalue weighted by atomic mass is 9.71. The molecule has 2 unspecified atom stereocenters. The highest BCUT2D eigenvalue weighted by Crippen LogP contribution is 2.39. The Balaban J connectivity index is 0.00000145. The van der Waals surface area contributed by atoms with E-state index in [-0.39, 0.29) is 28.6 Å². The average molecular weight is 653 g/mol. The number of aromatic amines is 1. The second-order valence-corrected chi connectivity index (χ2v) is 14.8. The van der Waals surface area contributed by atoms with E-state index >= 15 is 0 Å². The Bertz CT molecular complexity index is 1700. The number of aliphatic carboxylic acids is 1. The van der Waals surface area contributed by atoms with Crippen LogP contribution in [0, 0.1) is 17.3 Å². The number of H-pyrrole nitrogens is 1. The van der Waals surface area contributed by atoms with E-state index in [1.54, 1.807) is 6.20 Å². The second kappa shape index (κ2) is 15.4. The van der Waals surface area contributed by atoms with Gasteiger partial charge in [0.1, 0.15) is 12.2 Å². The highest BCUT2D eigenvalue weighted by Gasteiger charge is 2.32. The van der Waals surface area contributed by atoms with Gasteiger partial charge >= 0.3 is 5.97 Å². The number of benzene rings is 1. The van der Waals surface area contributed by atoms with Crippen LogP contribution < -0.4 is 10.5 Å². The largest absolute Gasteiger partial charge is 0.481 e. The maximum absolute atomic E-state index is 13.9. The fourth-order valence-electron chi connectivity index (χ4n) is 7.58. The van der Waals surface area contributed by atoms with E-state index in [9.17, 15) is 19.5 Å². The summed E-state index contributed by atoms with van der Waals surface area (Å²) in [5.74, 6) is -0.151. The molecule has 1 fully saturated rings. The molecule has 8 heteroatoms. The standard InChI is InChI=1S/C38H45N3O4.C2H4O/c1-38(2,3)32-11-12-33-30(19-32)17-29-18-31(20-34(29)40-33)35(42)21-26(14-16-41-15-4-5-28(23-41)37(44)45)24-6-8-25(9-7-24)27-10-13-36(43)39-22-27;1-2-3/h6-10,13,17-18,22,26,28,32H,4-5,11-12,14-16,19-21,23H2,1-3H3,(H,39,43)(H,44,45);2H,1H3/p+1/t26-,28?,32-;/m0./s1. The number of carbonyl (C=O) groups excluding carboxylic acids is 2. The van der Waals surface area contributed by atoms with E-state index in [1.807, 2.05) is 6.07 Å². The number of quaternary nitrogens is 1. The second-order valence-electron chi connectivity index (χ2n) is 14.8. The molecule has 3 N–H and O–H groups in total. The lowest BCUT2D eigenvalue weighted by molar-refractivity contribution is -0.907. The van der Waals surface area contributed by atoms with Crippen LogP contribution >= 0.6 is 0 Å². The third-order valence-electron chi connectivity index (χ3n) is 10.5. The Morgan fingerprint density at radius 3 is 2.48 bits per heavy atom. The van der Waals surface area contributed by atoms with Crippen LogP contribution in [-0.2, 0) is 33.6 Å². The number of nitrogens with zero attached hydrogens (tertiary/aromatic N) is 1. The summed E-state index contributed by atoms with van der Waals surface area (Å²) in [4.78, 5) is 55.0. The molecule has 2 aromatic heterocycles. The number of carbonyl (C=O) groups is 3. The first-order chi connectivity index (χ1) is 22.9. The molecule has 3 aliphatic rings. The molecular weight excluding hydrogens is 602 g/mol. The summed E-state index contributed by atoms with van der Waals surface area (Å²) < 4.78 is 0. The Labute approximate surface area is 283 Å². The predicted molar refractivity (Wildman–Crippen MR) is 188 cm³/mol. The summed E-state index contributed by atoms with van der Waals surface area (Å²) >= 11 is 0. The van der Waals surface area contributed by atoms with Crippen molar-refractivity contribution in [2.45, 2.75) is 85.0 Å². The number of aldehydes is 1. The summed E-state index contributed by atoms with van der Waals surface area (Å²) in [6.07, 6.45) is 11.3. The number of nitrogens with one attached hydrogen (secondary N) is 2. The number of Topliss-reactive ketones (excluding diaryl/α,β-unsaturated/α-hetero) is 1. The topological polar surface area (TPSA) is 122 Å². The molecule has 0 bridgehead atoms. The fraction of sp³-hybridized carbons (Fsp3) is 0.475. The van der Waals surface area contributed by atoms with Crippen molar-refractivity contribution >= 4 is 24.1 Å². The lowest BCUT2D eigenvalue weighted by Crippen LogP contribution is -3.13. The quantitative estimate of drug-likeness (QED) is 0.272. The fourth-order valence-corrected chi connectivity index (χ4v) is 7.58. The minimum absolute atomic E-state index is 0.0261. The van der Waals surface area contributed by atoms with Crippen molar-refractivity contribution < 1.29 is 24.4 Å². The van der Waals surface area contributed by atoms with Crippen LogP contribution in [0.15, 0.2) is 59.0 Å². The number of piperidine rings is 1. The molecule has 1 saturated heterocycles. The smallest absolute Gasteiger partial charge is 0.312 e. The zero-order valence-electron chi connectivity index (χ0n) is 28.8. The van der Waals surface area contributed by atoms with Crippen molar-refractivity contribution in [3.63, 3.8) is 0 Å². The minimum atomic E-state index is -0.700. The number of pyridine rings is 2. The van der Waals surface area contributed by atoms with Crippen LogP contribution in [-0.4, -0.2) is 52.7 Å². The van der Waals surface area contributed by atoms with E-state index < -0.39 is 5.97 Å². The van der Waals surface area contributed by atoms with Gasteiger partial charge in [0.25, 0.3) is 0 Å². The Hall–Kier alpha value is -4.17. The molecule has 3 heterocycles. The Morgan fingerprint density at radius 2 is 1.81 bits per heavy atom. The number of fused-ring (bicyclic) bond motifs is 2. The number of hydrogen-bond acceptors (Lipinski definition) is 5. The van der Waals surface area contributed by atoms with Crippen LogP contribution in [0.1, 0.15) is 93.8 Å². The monoisotopic (exact) mass is 652 g/mol. The first kappa shape index (κ1) is 35.1. The van der Waals surface area contributed by atoms with Gasteiger partial charge in [0.2, 0.25) is 5.56 Å². The van der Waals surface area contributed by atoms with Crippen molar-refractivity contribution in [2.24, 2.45) is 17.3 Å². The SMILES string of the molecule is CC(C)(C)[C@H]1CCc2nc3c(cc2C1)C=C(C(=O)C[C@H](CC[NH+]1CCCC(C(=O)O)C1)c1ccc(-c2ccc(=O)[nH]c2)cc1)C3.CC=O. The zero-order valence-corrected chi connectivity index (χ0v) is 28.8. The number of likely N-dealkylation sites (tertiary alicyclic amines) is 1. The maximum Gasteiger partial charge on any atom is 0.312 e. The molecule has 0 radical (unpaired) electrons. The molecule has 0 spiro atoms. The lowest BCUT2D eigenvalue weighted by Gasteiger charge is -2.34. The molecule has 4 atom stereocenters. The molecule has 8 nitrogen and oxygen atoms in total. The number of ketones is 1. The number of aryl methyl sites for hydroxylation is 1. The molecule has 48 heavy (non-hydrogen) atoms. The third-order valence-corrected chi connectivity index (χ3v) is 10.5. The molecule has 1 aromatic carbocycles. The molecule has 3 aromatic rings. The Morgan fingerprint density at radius 1 is 1.08 bits per heavy atom. The predicted octanol–water partition coefficient (Wildman–Crippen LogP) is 5.25. The van der Waals surface area contributed by atoms with Gasteiger partial charge in [-0.05, 0) is 102 Å². The van der Waals surface area contributed by atoms with Crippen LogP contribution in [0.3, 0.4) is 0 Å². The number of rotatable bonds is 9. The van der Waals surface area contributed by atoms with Crippen molar-refractivity contribution in [3.05, 3.63) is 92.7 Å². The van der Waals surface area contributed by atoms with Gasteiger partial charge in [-0.25, -0.2) is 0 Å². The van der Waals surface area contributed by atoms with E-state index in [0.717, 1.165) is 91.4 Å². The van der Waals surface area contributed by atoms with Crippen molar-refractivity contribution in [3.8, 4) is 11.1 Å². The van der Waals surface area contributed by atoms with Gasteiger partial charge < -0.3 is 19.8 Å². The Kier molecular flexibility index (Phi) is 11.3. The van der Waals surface area contributed by atoms with Gasteiger partial charge in [-0.1, -0.05) is 45.0 Å². The molecule has 254 valence electrons. The number of allylic oxidation sites excluding steroid dienone is 1. The first-order valence-electron chi connectivity index (χ1n) is 17.5. The van der Waals surface area contributed by atoms with Crippen LogP contribution in [0.4, 0.5) is 0 Å². The van der Waals surface area contributed by atoms with Crippen LogP contribution in [0.5, 0.6) is 0 Å². The highest BCUT2D eigenvalue weighted by atomic mass is 16.4. The normalized spacial score (nSPS) is 20.8.